The number of hydrogen-bond donors (Lipinski definition) is 1. The molecule has 2 heterocycles. The van der Waals surface area contributed by atoms with Gasteiger partial charge in [-0.05, 0) is 57.5 Å². The molecule has 1 fully saturated rings. The Labute approximate surface area is 175 Å². The number of aryl methyl sites for hydroxylation is 1. The molecule has 1 aliphatic rings. The van der Waals surface area contributed by atoms with Gasteiger partial charge in [-0.3, -0.25) is 9.69 Å². The predicted octanol–water partition coefficient (Wildman–Crippen LogP) is 3.08. The number of carbonyl (C=O) groups excluding carboxylic acids is 1. The second-order valence-electron chi connectivity index (χ2n) is 7.61. The zero-order valence-corrected chi connectivity index (χ0v) is 18.3. The highest BCUT2D eigenvalue weighted by atomic mass is 35.5. The molecule has 158 valence electrons. The summed E-state index contributed by atoms with van der Waals surface area (Å²) < 4.78 is 41.0. The molecular formula is C20H25ClFN3O3S. The third-order valence-electron chi connectivity index (χ3n) is 5.15. The van der Waals surface area contributed by atoms with Gasteiger partial charge in [-0.25, -0.2) is 17.5 Å². The van der Waals surface area contributed by atoms with Crippen molar-refractivity contribution in [3.63, 3.8) is 0 Å². The van der Waals surface area contributed by atoms with Gasteiger partial charge in [0.15, 0.2) is 5.78 Å². The van der Waals surface area contributed by atoms with Crippen molar-refractivity contribution in [3.8, 4) is 5.69 Å². The minimum absolute atomic E-state index is 0.0283. The highest BCUT2D eigenvalue weighted by molar-refractivity contribution is 7.88. The molecule has 1 atom stereocenters. The van der Waals surface area contributed by atoms with Gasteiger partial charge >= 0.3 is 0 Å². The number of nitrogens with one attached hydrogen (secondary N) is 1. The number of hydrogen-bond acceptors (Lipinski definition) is 4. The topological polar surface area (TPSA) is 71.4 Å². The Morgan fingerprint density at radius 2 is 2.03 bits per heavy atom. The highest BCUT2D eigenvalue weighted by Gasteiger charge is 2.25. The van der Waals surface area contributed by atoms with Crippen LogP contribution < -0.4 is 4.72 Å². The Balaban J connectivity index is 1.77. The molecule has 3 rings (SSSR count). The van der Waals surface area contributed by atoms with Gasteiger partial charge in [0.05, 0.1) is 17.8 Å². The normalized spacial score (nSPS) is 18.2. The second-order valence-corrected chi connectivity index (χ2v) is 9.79. The lowest BCUT2D eigenvalue weighted by atomic mass is 10.1. The molecule has 1 aliphatic heterocycles. The van der Waals surface area contributed by atoms with Gasteiger partial charge in [-0.15, -0.1) is 0 Å². The van der Waals surface area contributed by atoms with E-state index in [9.17, 15) is 17.6 Å². The number of carbonyl (C=O) groups is 1. The van der Waals surface area contributed by atoms with E-state index in [1.807, 2.05) is 29.4 Å². The Bertz CT molecular complexity index is 1040. The first-order valence-corrected chi connectivity index (χ1v) is 11.7. The van der Waals surface area contributed by atoms with E-state index in [1.165, 1.54) is 12.1 Å². The summed E-state index contributed by atoms with van der Waals surface area (Å²) in [6, 6.07) is 6.12. The van der Waals surface area contributed by atoms with Gasteiger partial charge in [0.1, 0.15) is 5.82 Å². The number of sulfonamides is 1. The molecule has 0 spiro atoms. The summed E-state index contributed by atoms with van der Waals surface area (Å²) in [4.78, 5) is 14.9. The molecule has 0 radical (unpaired) electrons. The number of halogens is 2. The average Bonchev–Trinajstić information content (AvgIpc) is 2.91. The number of ketones is 1. The minimum Gasteiger partial charge on any atom is -0.318 e. The van der Waals surface area contributed by atoms with E-state index in [0.717, 1.165) is 37.0 Å². The van der Waals surface area contributed by atoms with E-state index in [4.69, 9.17) is 11.6 Å². The molecule has 0 amide bonds. The molecular weight excluding hydrogens is 417 g/mol. The van der Waals surface area contributed by atoms with E-state index in [0.29, 0.717) is 17.8 Å². The number of likely N-dealkylation sites (tertiary alicyclic amines) is 1. The van der Waals surface area contributed by atoms with E-state index in [2.05, 4.69) is 4.72 Å². The van der Waals surface area contributed by atoms with Crippen LogP contribution in [0.4, 0.5) is 4.39 Å². The standard InChI is InChI=1S/C20H25ClFN3O3S/c1-13-9-17(14(2)25(13)16-6-7-19(22)18(21)10-16)20(26)12-24-8-4-5-15(11-24)23-29(3,27)28/h6-7,9-10,15,23H,4-5,8,11-12H2,1-3H3. The maximum Gasteiger partial charge on any atom is 0.208 e. The lowest BCUT2D eigenvalue weighted by Crippen LogP contribution is -2.48. The van der Waals surface area contributed by atoms with Gasteiger partial charge < -0.3 is 4.57 Å². The number of Topliss-reactive ketones (excluding diaryl/α,β-unsaturated/α-hetero) is 1. The van der Waals surface area contributed by atoms with Gasteiger partial charge in [0.2, 0.25) is 10.0 Å². The lowest BCUT2D eigenvalue weighted by molar-refractivity contribution is 0.0904. The number of aromatic nitrogens is 1. The maximum atomic E-state index is 13.5. The molecule has 9 heteroatoms. The van der Waals surface area contributed by atoms with Crippen molar-refractivity contribution < 1.29 is 17.6 Å². The monoisotopic (exact) mass is 441 g/mol. The number of nitrogens with zero attached hydrogens (tertiary/aromatic N) is 2. The van der Waals surface area contributed by atoms with E-state index in [-0.39, 0.29) is 23.4 Å². The molecule has 6 nitrogen and oxygen atoms in total. The molecule has 2 aromatic rings. The van der Waals surface area contributed by atoms with Gasteiger partial charge in [0.25, 0.3) is 0 Å². The second kappa shape index (κ2) is 8.55. The van der Waals surface area contributed by atoms with Crippen molar-refractivity contribution >= 4 is 27.4 Å². The fraction of sp³-hybridized carbons (Fsp3) is 0.450. The van der Waals surface area contributed by atoms with Crippen molar-refractivity contribution in [1.29, 1.82) is 0 Å². The third kappa shape index (κ3) is 5.25. The van der Waals surface area contributed by atoms with Crippen LogP contribution in [0.15, 0.2) is 24.3 Å². The number of rotatable bonds is 6. The van der Waals surface area contributed by atoms with Crippen molar-refractivity contribution in [2.24, 2.45) is 0 Å². The summed E-state index contributed by atoms with van der Waals surface area (Å²) in [5.74, 6) is -0.519. The summed E-state index contributed by atoms with van der Waals surface area (Å²) in [6.07, 6.45) is 2.73. The SMILES string of the molecule is Cc1cc(C(=O)CN2CCCC(NS(C)(=O)=O)C2)c(C)n1-c1ccc(F)c(Cl)c1. The highest BCUT2D eigenvalue weighted by Crippen LogP contribution is 2.25. The van der Waals surface area contributed by atoms with E-state index >= 15 is 0 Å². The zero-order chi connectivity index (χ0) is 21.3. The summed E-state index contributed by atoms with van der Waals surface area (Å²) in [5.41, 5.74) is 2.91. The van der Waals surface area contributed by atoms with Crippen LogP contribution in [-0.2, 0) is 10.0 Å². The molecule has 0 bridgehead atoms. The Morgan fingerprint density at radius 1 is 1.31 bits per heavy atom. The third-order valence-corrected chi connectivity index (χ3v) is 6.20. The van der Waals surface area contributed by atoms with Gasteiger partial charge in [-0.2, -0.15) is 0 Å². The molecule has 1 unspecified atom stereocenters. The molecule has 1 aromatic carbocycles. The van der Waals surface area contributed by atoms with E-state index in [1.54, 1.807) is 6.07 Å². The van der Waals surface area contributed by atoms with Crippen LogP contribution in [0, 0.1) is 19.7 Å². The lowest BCUT2D eigenvalue weighted by Gasteiger charge is -2.32. The maximum absolute atomic E-state index is 13.5. The van der Waals surface area contributed by atoms with Crippen molar-refractivity contribution in [1.82, 2.24) is 14.2 Å². The van der Waals surface area contributed by atoms with Crippen LogP contribution in [0.5, 0.6) is 0 Å². The quantitative estimate of drug-likeness (QED) is 0.699. The fourth-order valence-electron chi connectivity index (χ4n) is 3.95. The Kier molecular flexibility index (Phi) is 6.48. The predicted molar refractivity (Wildman–Crippen MR) is 112 cm³/mol. The molecule has 1 aromatic heterocycles. The van der Waals surface area contributed by atoms with Crippen LogP contribution in [-0.4, -0.2) is 55.6 Å². The Morgan fingerprint density at radius 3 is 2.69 bits per heavy atom. The fourth-order valence-corrected chi connectivity index (χ4v) is 4.93. The largest absolute Gasteiger partial charge is 0.318 e. The molecule has 0 saturated carbocycles. The Hall–Kier alpha value is -1.74. The average molecular weight is 442 g/mol. The molecule has 29 heavy (non-hydrogen) atoms. The van der Waals surface area contributed by atoms with Gasteiger partial charge in [0, 0.05) is 35.2 Å². The van der Waals surface area contributed by atoms with Crippen LogP contribution in [0.3, 0.4) is 0 Å². The first kappa shape index (κ1) is 22.0. The van der Waals surface area contributed by atoms with Crippen LogP contribution in [0.2, 0.25) is 5.02 Å². The van der Waals surface area contributed by atoms with Crippen molar-refractivity contribution in [3.05, 3.63) is 52.1 Å². The van der Waals surface area contributed by atoms with Crippen LogP contribution in [0.25, 0.3) is 5.69 Å². The summed E-state index contributed by atoms with van der Waals surface area (Å²) in [6.45, 7) is 5.21. The van der Waals surface area contributed by atoms with Gasteiger partial charge in [-0.1, -0.05) is 11.6 Å². The molecule has 1 N–H and O–H groups in total. The van der Waals surface area contributed by atoms with Crippen LogP contribution >= 0.6 is 11.6 Å². The van der Waals surface area contributed by atoms with Crippen LogP contribution in [0.1, 0.15) is 34.6 Å². The summed E-state index contributed by atoms with van der Waals surface area (Å²) in [7, 11) is -3.28. The first-order chi connectivity index (χ1) is 13.5. The molecule has 1 saturated heterocycles. The van der Waals surface area contributed by atoms with E-state index < -0.39 is 15.8 Å². The minimum atomic E-state index is -3.28. The van der Waals surface area contributed by atoms with Crippen molar-refractivity contribution in [2.75, 3.05) is 25.9 Å². The molecule has 0 aliphatic carbocycles. The summed E-state index contributed by atoms with van der Waals surface area (Å²) >= 11 is 5.92. The smallest absolute Gasteiger partial charge is 0.208 e. The zero-order valence-electron chi connectivity index (χ0n) is 16.7. The summed E-state index contributed by atoms with van der Waals surface area (Å²) in [5, 5.41) is 0.0283. The number of benzene rings is 1. The van der Waals surface area contributed by atoms with Crippen molar-refractivity contribution in [2.45, 2.75) is 32.7 Å². The number of piperidine rings is 1. The first-order valence-electron chi connectivity index (χ1n) is 9.42.